The number of carbonyl (C=O) groups excluding carboxylic acids is 1. The van der Waals surface area contributed by atoms with E-state index in [9.17, 15) is 14.4 Å². The quantitative estimate of drug-likeness (QED) is 0.506. The summed E-state index contributed by atoms with van der Waals surface area (Å²) in [4.78, 5) is 38.7. The molecule has 11 heteroatoms. The van der Waals surface area contributed by atoms with Crippen molar-refractivity contribution in [1.82, 2.24) is 9.55 Å². The van der Waals surface area contributed by atoms with Gasteiger partial charge in [-0.05, 0) is 18.7 Å². The lowest BCUT2D eigenvalue weighted by molar-refractivity contribution is -0.100. The third-order valence-corrected chi connectivity index (χ3v) is 6.46. The smallest absolute Gasteiger partial charge is 0.378 e. The van der Waals surface area contributed by atoms with Crippen molar-refractivity contribution >= 4 is 26.9 Å². The lowest BCUT2D eigenvalue weighted by Gasteiger charge is -2.23. The molecule has 0 saturated carbocycles. The molecule has 5 atom stereocenters. The minimum atomic E-state index is -0.951. The van der Waals surface area contributed by atoms with Gasteiger partial charge in [-0.3, -0.25) is 14.3 Å². The molecule has 2 aliphatic rings. The molecule has 2 aliphatic heterocycles. The number of benzene rings is 1. The zero-order valence-electron chi connectivity index (χ0n) is 16.9. The Balaban J connectivity index is 1.57. The number of H-pyrrole nitrogens is 1. The predicted octanol–water partition coefficient (Wildman–Crippen LogP) is 2.24. The number of hydrogen-bond donors (Lipinski definition) is 1. The summed E-state index contributed by atoms with van der Waals surface area (Å²) in [5.41, 5.74) is 0.209. The van der Waals surface area contributed by atoms with Gasteiger partial charge in [-0.15, -0.1) is 0 Å². The monoisotopic (exact) mass is 466 g/mol. The van der Waals surface area contributed by atoms with Gasteiger partial charge >= 0.3 is 11.0 Å². The number of hydrogen-bond acceptors (Lipinski definition) is 9. The first-order valence-corrected chi connectivity index (χ1v) is 12.2. The minimum absolute atomic E-state index is 0.276. The largest absolute Gasteiger partial charge is 0.446 e. The number of fused-ring (bicyclic) bond motifs is 1. The second-order valence-corrected chi connectivity index (χ2v) is 9.52. The van der Waals surface area contributed by atoms with Crippen LogP contribution in [0, 0.1) is 6.92 Å². The van der Waals surface area contributed by atoms with E-state index < -0.39 is 47.2 Å². The molecular formula is C20H22N2O7S2. The molecule has 31 heavy (non-hydrogen) atoms. The lowest BCUT2D eigenvalue weighted by atomic mass is 10.1. The van der Waals surface area contributed by atoms with Gasteiger partial charge in [0.1, 0.15) is 18.3 Å². The van der Waals surface area contributed by atoms with Crippen LogP contribution in [0.1, 0.15) is 17.4 Å². The molecule has 2 aromatic rings. The lowest BCUT2D eigenvalue weighted by Crippen LogP contribution is -2.40. The highest BCUT2D eigenvalue weighted by Gasteiger charge is 2.56. The molecule has 1 aromatic carbocycles. The number of carbonyl (C=O) groups is 1. The maximum Gasteiger partial charge on any atom is 0.378 e. The fraction of sp³-hybridized carbons (Fsp3) is 0.450. The summed E-state index contributed by atoms with van der Waals surface area (Å²) in [6.07, 6.45) is -0.203. The van der Waals surface area contributed by atoms with Crippen LogP contribution in [-0.4, -0.2) is 52.1 Å². The summed E-state index contributed by atoms with van der Waals surface area (Å²) in [5.74, 6) is 0. The average Bonchev–Trinajstić information content (AvgIpc) is 3.30. The van der Waals surface area contributed by atoms with Crippen LogP contribution in [0.4, 0.5) is 4.79 Å². The fourth-order valence-corrected chi connectivity index (χ4v) is 4.51. The van der Waals surface area contributed by atoms with Crippen molar-refractivity contribution in [3.8, 4) is 0 Å². The van der Waals surface area contributed by atoms with Gasteiger partial charge in [0, 0.05) is 22.6 Å². The number of nitrogens with one attached hydrogen (secondary N) is 1. The van der Waals surface area contributed by atoms with Crippen LogP contribution in [0.5, 0.6) is 0 Å². The van der Waals surface area contributed by atoms with Gasteiger partial charge in [0.15, 0.2) is 12.3 Å². The van der Waals surface area contributed by atoms with E-state index in [2.05, 4.69) is 4.98 Å². The van der Waals surface area contributed by atoms with Crippen LogP contribution >= 0.6 is 21.6 Å². The number of ether oxygens (including phenoxy) is 4. The molecule has 9 nitrogen and oxygen atoms in total. The van der Waals surface area contributed by atoms with Gasteiger partial charge in [0.05, 0.1) is 13.2 Å². The predicted molar refractivity (Wildman–Crippen MR) is 116 cm³/mol. The Labute approximate surface area is 185 Å². The molecule has 0 amide bonds. The summed E-state index contributed by atoms with van der Waals surface area (Å²) < 4.78 is 24.9. The Morgan fingerprint density at radius 2 is 2.03 bits per heavy atom. The molecule has 0 radical (unpaired) electrons. The number of nitrogens with zero attached hydrogens (tertiary/aromatic N) is 1. The first-order chi connectivity index (χ1) is 15.0. The van der Waals surface area contributed by atoms with Crippen LogP contribution in [0.15, 0.2) is 46.1 Å². The molecule has 1 N–H and O–H groups in total. The average molecular weight is 467 g/mol. The van der Waals surface area contributed by atoms with E-state index in [1.54, 1.807) is 13.2 Å². The Morgan fingerprint density at radius 3 is 2.77 bits per heavy atom. The van der Waals surface area contributed by atoms with E-state index in [-0.39, 0.29) is 6.61 Å². The van der Waals surface area contributed by atoms with E-state index >= 15 is 0 Å². The Morgan fingerprint density at radius 1 is 1.26 bits per heavy atom. The molecule has 0 bridgehead atoms. The molecule has 4 rings (SSSR count). The molecule has 0 aliphatic carbocycles. The molecule has 2 fully saturated rings. The number of rotatable bonds is 6. The molecule has 3 heterocycles. The summed E-state index contributed by atoms with van der Waals surface area (Å²) >= 11 is 0. The van der Waals surface area contributed by atoms with Crippen LogP contribution in [0.2, 0.25) is 0 Å². The van der Waals surface area contributed by atoms with Crippen molar-refractivity contribution in [2.24, 2.45) is 0 Å². The van der Waals surface area contributed by atoms with Gasteiger partial charge in [-0.2, -0.15) is 0 Å². The summed E-state index contributed by atoms with van der Waals surface area (Å²) in [5, 5.41) is -0.516. The summed E-state index contributed by atoms with van der Waals surface area (Å²) in [7, 11) is 2.18. The van der Waals surface area contributed by atoms with Gasteiger partial charge < -0.3 is 18.9 Å². The molecule has 0 unspecified atom stereocenters. The van der Waals surface area contributed by atoms with E-state index in [4.69, 9.17) is 18.9 Å². The van der Waals surface area contributed by atoms with Crippen LogP contribution in [-0.2, 0) is 25.6 Å². The normalized spacial score (nSPS) is 27.2. The van der Waals surface area contributed by atoms with Crippen molar-refractivity contribution in [2.75, 3.05) is 12.9 Å². The summed E-state index contributed by atoms with van der Waals surface area (Å²) in [6, 6.07) is 9.70. The Bertz CT molecular complexity index is 1040. The fourth-order valence-electron chi connectivity index (χ4n) is 3.70. The Hall–Kier alpha value is -2.05. The van der Waals surface area contributed by atoms with Crippen LogP contribution < -0.4 is 11.2 Å². The van der Waals surface area contributed by atoms with Crippen molar-refractivity contribution in [2.45, 2.75) is 44.2 Å². The highest BCUT2D eigenvalue weighted by molar-refractivity contribution is 8.81. The first-order valence-electron chi connectivity index (χ1n) is 9.64. The van der Waals surface area contributed by atoms with Crippen molar-refractivity contribution in [1.29, 1.82) is 0 Å². The second kappa shape index (κ2) is 9.61. The minimum Gasteiger partial charge on any atom is -0.446 e. The van der Waals surface area contributed by atoms with Crippen molar-refractivity contribution in [3.05, 3.63) is 68.5 Å². The highest BCUT2D eigenvalue weighted by atomic mass is 33.1. The molecule has 0 spiro atoms. The van der Waals surface area contributed by atoms with E-state index in [1.807, 2.05) is 30.3 Å². The molecule has 1 aromatic heterocycles. The third-order valence-electron chi connectivity index (χ3n) is 5.16. The van der Waals surface area contributed by atoms with Crippen molar-refractivity contribution in [3.63, 3.8) is 0 Å². The highest BCUT2D eigenvalue weighted by Crippen LogP contribution is 2.40. The van der Waals surface area contributed by atoms with Gasteiger partial charge in [-0.1, -0.05) is 41.1 Å². The number of aromatic amines is 1. The zero-order chi connectivity index (χ0) is 22.0. The van der Waals surface area contributed by atoms with Gasteiger partial charge in [0.2, 0.25) is 0 Å². The van der Waals surface area contributed by atoms with E-state index in [0.29, 0.717) is 12.2 Å². The molecule has 2 saturated heterocycles. The van der Waals surface area contributed by atoms with Crippen LogP contribution in [0.3, 0.4) is 0 Å². The van der Waals surface area contributed by atoms with Crippen LogP contribution in [0.25, 0.3) is 0 Å². The molecular weight excluding hydrogens is 444 g/mol. The zero-order valence-corrected chi connectivity index (χ0v) is 18.5. The standard InChI is InChI=1S/C20H22N2O7S2/c1-11-8-22(19(24)21-17(11)23)18-16(29-20(25)31-30-2)15-14(28-18)13(10-27-15)26-9-12-6-4-3-5-7-12/h3-8,13-16,18H,9-10H2,1-2H3,(H,21,23,24)/t13-,14-,15+,16-,18-/m1/s1. The molecule has 166 valence electrons. The van der Waals surface area contributed by atoms with Crippen molar-refractivity contribution < 1.29 is 23.7 Å². The SMILES string of the molecule is CSSC(=O)O[C@@H]1[C@H]2OC[C@@H](OCc3ccccc3)[C@H]2O[C@H]1n1cc(C)c(=O)[nH]c1=O. The summed E-state index contributed by atoms with van der Waals surface area (Å²) in [6.45, 7) is 2.23. The van der Waals surface area contributed by atoms with Gasteiger partial charge in [-0.25, -0.2) is 9.59 Å². The van der Waals surface area contributed by atoms with Gasteiger partial charge in [0.25, 0.3) is 5.56 Å². The van der Waals surface area contributed by atoms with E-state index in [0.717, 1.165) is 16.4 Å². The third kappa shape index (κ3) is 4.75. The second-order valence-electron chi connectivity index (χ2n) is 7.19. The maximum absolute atomic E-state index is 12.5. The maximum atomic E-state index is 12.5. The first kappa shape index (κ1) is 22.2. The number of aryl methyl sites for hydroxylation is 1. The topological polar surface area (TPSA) is 109 Å². The number of aromatic nitrogens is 2. The Kier molecular flexibility index (Phi) is 6.87. The van der Waals surface area contributed by atoms with E-state index in [1.165, 1.54) is 21.6 Å².